The summed E-state index contributed by atoms with van der Waals surface area (Å²) in [7, 11) is -3.17. The number of hydrogen-bond acceptors (Lipinski definition) is 7. The van der Waals surface area contributed by atoms with E-state index in [9.17, 15) is 18.5 Å². The lowest BCUT2D eigenvalue weighted by molar-refractivity contribution is -0.119. The summed E-state index contributed by atoms with van der Waals surface area (Å²) < 4.78 is 33.0. The van der Waals surface area contributed by atoms with Gasteiger partial charge in [0.15, 0.2) is 0 Å². The van der Waals surface area contributed by atoms with Crippen LogP contribution in [0.5, 0.6) is 5.75 Å². The Morgan fingerprint density at radius 3 is 2.50 bits per heavy atom. The van der Waals surface area contributed by atoms with Gasteiger partial charge in [0.25, 0.3) is 0 Å². The van der Waals surface area contributed by atoms with Crippen molar-refractivity contribution in [3.63, 3.8) is 0 Å². The Hall–Kier alpha value is -3.62. The number of benzene rings is 1. The van der Waals surface area contributed by atoms with Gasteiger partial charge in [-0.15, -0.1) is 0 Å². The number of nitriles is 1. The molecule has 0 saturated carbocycles. The van der Waals surface area contributed by atoms with E-state index in [0.717, 1.165) is 16.8 Å². The first-order chi connectivity index (χ1) is 17.2. The summed E-state index contributed by atoms with van der Waals surface area (Å²) in [4.78, 5) is 13.8. The van der Waals surface area contributed by atoms with Crippen molar-refractivity contribution in [1.29, 1.82) is 5.26 Å². The monoisotopic (exact) mass is 508 g/mol. The summed E-state index contributed by atoms with van der Waals surface area (Å²) in [6, 6.07) is 12.2. The van der Waals surface area contributed by atoms with E-state index in [1.807, 2.05) is 43.5 Å². The van der Waals surface area contributed by atoms with Crippen molar-refractivity contribution in [2.24, 2.45) is 5.92 Å². The molecule has 0 radical (unpaired) electrons. The molecule has 2 aromatic heterocycles. The number of nitrogens with one attached hydrogen (secondary N) is 1. The zero-order valence-electron chi connectivity index (χ0n) is 20.2. The highest BCUT2D eigenvalue weighted by Gasteiger charge is 2.29. The number of fused-ring (bicyclic) bond motifs is 1. The number of hydrogen-bond donors (Lipinski definition) is 1. The lowest BCUT2D eigenvalue weighted by atomic mass is 10.0. The molecule has 5 rings (SSSR count). The van der Waals surface area contributed by atoms with Crippen LogP contribution in [0.1, 0.15) is 18.9 Å². The molecule has 188 valence electrons. The summed E-state index contributed by atoms with van der Waals surface area (Å²) in [5.74, 6) is 0.626. The molecule has 0 aliphatic carbocycles. The first kappa shape index (κ1) is 24.1. The highest BCUT2D eigenvalue weighted by Crippen LogP contribution is 2.33. The van der Waals surface area contributed by atoms with Crippen molar-refractivity contribution in [1.82, 2.24) is 19.2 Å². The number of sulfonamides is 1. The predicted molar refractivity (Wildman–Crippen MR) is 135 cm³/mol. The third kappa shape index (κ3) is 4.74. The summed E-state index contributed by atoms with van der Waals surface area (Å²) in [6.45, 7) is 4.72. The van der Waals surface area contributed by atoms with Gasteiger partial charge in [0, 0.05) is 62.5 Å². The van der Waals surface area contributed by atoms with Crippen molar-refractivity contribution in [3.05, 3.63) is 48.3 Å². The number of carbonyl (C=O) groups is 1. The van der Waals surface area contributed by atoms with Crippen LogP contribution in [0, 0.1) is 17.2 Å². The van der Waals surface area contributed by atoms with E-state index in [4.69, 9.17) is 4.74 Å². The van der Waals surface area contributed by atoms with Gasteiger partial charge in [0.1, 0.15) is 29.0 Å². The molecule has 2 aliphatic rings. The molecule has 0 bridgehead atoms. The second-order valence-corrected chi connectivity index (χ2v) is 11.3. The molecule has 36 heavy (non-hydrogen) atoms. The number of piperazine rings is 1. The Labute approximate surface area is 210 Å². The number of nitrogens with zero attached hydrogens (tertiary/aromatic N) is 5. The molecule has 2 saturated heterocycles. The van der Waals surface area contributed by atoms with Crippen LogP contribution in [0.3, 0.4) is 0 Å². The lowest BCUT2D eigenvalue weighted by Crippen LogP contribution is -2.48. The molecule has 2 atom stereocenters. The number of pyridine rings is 1. The standard InChI is InChI=1S/C25H28N6O4S/c1-17(19-12-24(32)27-14-19)35-23-11-20(16-31-25(23)21(13-26)15-28-31)18-3-5-22(6-4-18)29-7-9-30(10-8-29)36(2,33)34/h3-6,11,15-17,19H,7-10,12,14H2,1-2H3,(H,27,32). The third-order valence-electron chi connectivity index (χ3n) is 6.96. The van der Waals surface area contributed by atoms with Crippen LogP contribution in [0.15, 0.2) is 42.7 Å². The highest BCUT2D eigenvalue weighted by atomic mass is 32.2. The SMILES string of the molecule is CC(Oc1cc(-c2ccc(N3CCN(S(C)(=O)=O)CC3)cc2)cn2ncc(C#N)c12)C1CNC(=O)C1. The number of rotatable bonds is 6. The normalized spacial score (nSPS) is 19.8. The molecule has 1 aromatic carbocycles. The Bertz CT molecular complexity index is 1440. The van der Waals surface area contributed by atoms with Gasteiger partial charge < -0.3 is 15.0 Å². The van der Waals surface area contributed by atoms with E-state index in [1.54, 1.807) is 4.52 Å². The molecular formula is C25H28N6O4S. The van der Waals surface area contributed by atoms with E-state index in [2.05, 4.69) is 21.4 Å². The Balaban J connectivity index is 1.40. The van der Waals surface area contributed by atoms with Crippen molar-refractivity contribution >= 4 is 27.1 Å². The second-order valence-electron chi connectivity index (χ2n) is 9.34. The van der Waals surface area contributed by atoms with Crippen molar-refractivity contribution in [2.75, 3.05) is 43.9 Å². The topological polar surface area (TPSA) is 120 Å². The largest absolute Gasteiger partial charge is 0.488 e. The molecule has 4 heterocycles. The summed E-state index contributed by atoms with van der Waals surface area (Å²) in [5, 5.41) is 16.8. The Morgan fingerprint density at radius 2 is 1.89 bits per heavy atom. The lowest BCUT2D eigenvalue weighted by Gasteiger charge is -2.34. The third-order valence-corrected chi connectivity index (χ3v) is 8.26. The van der Waals surface area contributed by atoms with Crippen molar-refractivity contribution in [2.45, 2.75) is 19.4 Å². The molecule has 2 aliphatic heterocycles. The zero-order chi connectivity index (χ0) is 25.4. The number of anilines is 1. The minimum Gasteiger partial charge on any atom is -0.488 e. The number of carbonyl (C=O) groups excluding carboxylic acids is 1. The Kier molecular flexibility index (Phi) is 6.32. The van der Waals surface area contributed by atoms with Crippen LogP contribution in [-0.2, 0) is 14.8 Å². The fraction of sp³-hybridized carbons (Fsp3) is 0.400. The van der Waals surface area contributed by atoms with E-state index < -0.39 is 10.0 Å². The second kappa shape index (κ2) is 9.44. The zero-order valence-corrected chi connectivity index (χ0v) is 21.0. The minimum atomic E-state index is -3.17. The molecule has 2 fully saturated rings. The molecule has 0 spiro atoms. The molecule has 1 amide bonds. The molecule has 3 aromatic rings. The average molecular weight is 509 g/mol. The fourth-order valence-corrected chi connectivity index (χ4v) is 5.64. The number of ether oxygens (including phenoxy) is 1. The van der Waals surface area contributed by atoms with Gasteiger partial charge in [0.05, 0.1) is 12.5 Å². The molecule has 10 nitrogen and oxygen atoms in total. The van der Waals surface area contributed by atoms with Gasteiger partial charge in [-0.25, -0.2) is 12.9 Å². The van der Waals surface area contributed by atoms with Gasteiger partial charge in [0.2, 0.25) is 15.9 Å². The van der Waals surface area contributed by atoms with E-state index in [1.165, 1.54) is 16.8 Å². The van der Waals surface area contributed by atoms with Gasteiger partial charge in [-0.3, -0.25) is 4.79 Å². The van der Waals surface area contributed by atoms with Crippen LogP contribution in [-0.4, -0.2) is 73.3 Å². The maximum atomic E-state index is 11.8. The molecular weight excluding hydrogens is 480 g/mol. The predicted octanol–water partition coefficient (Wildman–Crippen LogP) is 1.86. The van der Waals surface area contributed by atoms with Crippen LogP contribution >= 0.6 is 0 Å². The molecule has 11 heteroatoms. The Morgan fingerprint density at radius 1 is 1.17 bits per heavy atom. The number of amides is 1. The van der Waals surface area contributed by atoms with Crippen molar-refractivity contribution in [3.8, 4) is 22.9 Å². The minimum absolute atomic E-state index is 0.0224. The van der Waals surface area contributed by atoms with Gasteiger partial charge >= 0.3 is 0 Å². The van der Waals surface area contributed by atoms with Gasteiger partial charge in [-0.05, 0) is 30.7 Å². The summed E-state index contributed by atoms with van der Waals surface area (Å²) in [5.41, 5.74) is 3.90. The molecule has 1 N–H and O–H groups in total. The fourth-order valence-electron chi connectivity index (χ4n) is 4.81. The van der Waals surface area contributed by atoms with E-state index >= 15 is 0 Å². The first-order valence-electron chi connectivity index (χ1n) is 11.9. The average Bonchev–Trinajstić information content (AvgIpc) is 3.50. The van der Waals surface area contributed by atoms with E-state index in [-0.39, 0.29) is 17.9 Å². The smallest absolute Gasteiger partial charge is 0.220 e. The van der Waals surface area contributed by atoms with Crippen molar-refractivity contribution < 1.29 is 17.9 Å². The van der Waals surface area contributed by atoms with Crippen LogP contribution < -0.4 is 15.0 Å². The highest BCUT2D eigenvalue weighted by molar-refractivity contribution is 7.88. The number of aromatic nitrogens is 2. The van der Waals surface area contributed by atoms with Crippen LogP contribution in [0.2, 0.25) is 0 Å². The first-order valence-corrected chi connectivity index (χ1v) is 13.7. The maximum absolute atomic E-state index is 11.8. The van der Waals surface area contributed by atoms with Crippen LogP contribution in [0.25, 0.3) is 16.6 Å². The molecule has 2 unspecified atom stereocenters. The van der Waals surface area contributed by atoms with Gasteiger partial charge in [-0.1, -0.05) is 12.1 Å². The van der Waals surface area contributed by atoms with Gasteiger partial charge in [-0.2, -0.15) is 14.7 Å². The maximum Gasteiger partial charge on any atom is 0.220 e. The summed E-state index contributed by atoms with van der Waals surface area (Å²) in [6.07, 6.45) is 4.83. The van der Waals surface area contributed by atoms with E-state index in [0.29, 0.717) is 56.0 Å². The summed E-state index contributed by atoms with van der Waals surface area (Å²) >= 11 is 0. The quantitative estimate of drug-likeness (QED) is 0.540. The van der Waals surface area contributed by atoms with Crippen LogP contribution in [0.4, 0.5) is 5.69 Å².